The van der Waals surface area contributed by atoms with Crippen molar-refractivity contribution in [1.82, 2.24) is 9.55 Å². The third kappa shape index (κ3) is 3.85. The molecule has 1 heterocycles. The van der Waals surface area contributed by atoms with Crippen LogP contribution in [0.25, 0.3) is 28.7 Å². The molecule has 0 bridgehead atoms. The van der Waals surface area contributed by atoms with Crippen molar-refractivity contribution in [1.29, 1.82) is 0 Å². The van der Waals surface area contributed by atoms with Crippen molar-refractivity contribution in [3.05, 3.63) is 100 Å². The van der Waals surface area contributed by atoms with Crippen LogP contribution in [0.3, 0.4) is 0 Å². The summed E-state index contributed by atoms with van der Waals surface area (Å²) in [7, 11) is 0. The van der Waals surface area contributed by atoms with E-state index in [1.54, 1.807) is 60.7 Å². The average Bonchev–Trinajstić information content (AvgIpc) is 2.76. The molecule has 0 saturated heterocycles. The van der Waals surface area contributed by atoms with Crippen molar-refractivity contribution < 1.29 is 13.5 Å². The van der Waals surface area contributed by atoms with Gasteiger partial charge in [0.2, 0.25) is 0 Å². The molecule has 0 amide bonds. The lowest BCUT2D eigenvalue weighted by Crippen LogP contribution is -2.22. The van der Waals surface area contributed by atoms with E-state index >= 15 is 0 Å². The maximum atomic E-state index is 13.5. The number of hydrogen-bond donors (Lipinski definition) is 0. The van der Waals surface area contributed by atoms with Crippen LogP contribution in [0.2, 0.25) is 0 Å². The monoisotopic (exact) mass is 404 g/mol. The molecule has 4 rings (SSSR count). The molecule has 0 spiro atoms. The SMILES string of the molecule is CCOc1ccc(-n2c(/C=C\c3ccc(F)c(F)c3)nc3ccccc3c2=O)cc1. The van der Waals surface area contributed by atoms with E-state index in [1.807, 2.05) is 6.92 Å². The van der Waals surface area contributed by atoms with E-state index in [1.165, 1.54) is 10.6 Å². The van der Waals surface area contributed by atoms with E-state index in [2.05, 4.69) is 4.98 Å². The van der Waals surface area contributed by atoms with Gasteiger partial charge in [-0.1, -0.05) is 24.3 Å². The predicted molar refractivity (Wildman–Crippen MR) is 114 cm³/mol. The maximum absolute atomic E-state index is 13.5. The molecule has 150 valence electrons. The molecule has 0 aliphatic carbocycles. The van der Waals surface area contributed by atoms with Crippen molar-refractivity contribution >= 4 is 23.1 Å². The lowest BCUT2D eigenvalue weighted by Gasteiger charge is -2.12. The van der Waals surface area contributed by atoms with E-state index in [4.69, 9.17) is 4.74 Å². The zero-order valence-corrected chi connectivity index (χ0v) is 16.2. The molecule has 1 aromatic heterocycles. The average molecular weight is 404 g/mol. The molecule has 0 saturated carbocycles. The third-order valence-electron chi connectivity index (χ3n) is 4.58. The normalized spacial score (nSPS) is 11.3. The molecule has 0 aliphatic heterocycles. The van der Waals surface area contributed by atoms with Gasteiger partial charge in [0.1, 0.15) is 11.6 Å². The van der Waals surface area contributed by atoms with Gasteiger partial charge in [-0.05, 0) is 67.1 Å². The number of aromatic nitrogens is 2. The Balaban J connectivity index is 1.86. The molecule has 3 aromatic carbocycles. The van der Waals surface area contributed by atoms with E-state index in [0.29, 0.717) is 40.3 Å². The second-order valence-electron chi connectivity index (χ2n) is 6.56. The van der Waals surface area contributed by atoms with E-state index < -0.39 is 11.6 Å². The molecule has 0 N–H and O–H groups in total. The van der Waals surface area contributed by atoms with Crippen LogP contribution in [-0.2, 0) is 0 Å². The highest BCUT2D eigenvalue weighted by atomic mass is 19.2. The summed E-state index contributed by atoms with van der Waals surface area (Å²) in [6, 6.07) is 17.8. The highest BCUT2D eigenvalue weighted by Gasteiger charge is 2.11. The molecule has 4 nitrogen and oxygen atoms in total. The topological polar surface area (TPSA) is 44.1 Å². The van der Waals surface area contributed by atoms with E-state index in [0.717, 1.165) is 12.1 Å². The molecule has 6 heteroatoms. The van der Waals surface area contributed by atoms with Gasteiger partial charge in [-0.2, -0.15) is 0 Å². The van der Waals surface area contributed by atoms with Crippen molar-refractivity contribution in [2.75, 3.05) is 6.61 Å². The van der Waals surface area contributed by atoms with Crippen LogP contribution in [0.15, 0.2) is 71.5 Å². The first kappa shape index (κ1) is 19.5. The summed E-state index contributed by atoms with van der Waals surface area (Å²) in [6.45, 7) is 2.44. The van der Waals surface area contributed by atoms with E-state index in [-0.39, 0.29) is 5.56 Å². The Hall–Kier alpha value is -3.80. The minimum Gasteiger partial charge on any atom is -0.494 e. The minimum absolute atomic E-state index is 0.227. The van der Waals surface area contributed by atoms with Crippen molar-refractivity contribution in [2.45, 2.75) is 6.92 Å². The standard InChI is InChI=1S/C24H18F2N2O2/c1-2-30-18-11-9-17(10-12-18)28-23(14-8-16-7-13-20(25)21(26)15-16)27-22-6-4-3-5-19(22)24(28)29/h3-15H,2H2,1H3/b14-8-. The zero-order chi connectivity index (χ0) is 21.1. The molecule has 0 fully saturated rings. The quantitative estimate of drug-likeness (QED) is 0.457. The first-order chi connectivity index (χ1) is 14.6. The van der Waals surface area contributed by atoms with Crippen molar-refractivity contribution in [2.24, 2.45) is 0 Å². The summed E-state index contributed by atoms with van der Waals surface area (Å²) in [5.41, 5.74) is 1.39. The molecular formula is C24H18F2N2O2. The molecule has 0 atom stereocenters. The summed E-state index contributed by atoms with van der Waals surface area (Å²) >= 11 is 0. The van der Waals surface area contributed by atoms with Gasteiger partial charge >= 0.3 is 0 Å². The number of benzene rings is 3. The fourth-order valence-corrected chi connectivity index (χ4v) is 3.16. The van der Waals surface area contributed by atoms with Crippen LogP contribution in [0.1, 0.15) is 18.3 Å². The lowest BCUT2D eigenvalue weighted by atomic mass is 10.2. The lowest BCUT2D eigenvalue weighted by molar-refractivity contribution is 0.340. The van der Waals surface area contributed by atoms with Crippen molar-refractivity contribution in [3.8, 4) is 11.4 Å². The summed E-state index contributed by atoms with van der Waals surface area (Å²) in [5.74, 6) is -0.788. The summed E-state index contributed by atoms with van der Waals surface area (Å²) in [4.78, 5) is 17.8. The molecule has 0 unspecified atom stereocenters. The van der Waals surface area contributed by atoms with Crippen LogP contribution < -0.4 is 10.3 Å². The fraction of sp³-hybridized carbons (Fsp3) is 0.0833. The Labute approximate surface area is 171 Å². The smallest absolute Gasteiger partial charge is 0.266 e. The summed E-state index contributed by atoms with van der Waals surface area (Å²) in [5, 5.41) is 0.483. The number of fused-ring (bicyclic) bond motifs is 1. The molecule has 4 aromatic rings. The summed E-state index contributed by atoms with van der Waals surface area (Å²) < 4.78 is 33.7. The highest BCUT2D eigenvalue weighted by molar-refractivity contribution is 5.80. The molecule has 0 radical (unpaired) electrons. The second-order valence-corrected chi connectivity index (χ2v) is 6.56. The Morgan fingerprint density at radius 2 is 1.73 bits per heavy atom. The van der Waals surface area contributed by atoms with Crippen LogP contribution >= 0.6 is 0 Å². The largest absolute Gasteiger partial charge is 0.494 e. The minimum atomic E-state index is -0.937. The number of nitrogens with zero attached hydrogens (tertiary/aromatic N) is 2. The first-order valence-corrected chi connectivity index (χ1v) is 9.45. The van der Waals surface area contributed by atoms with Gasteiger partial charge < -0.3 is 4.74 Å². The number of para-hydroxylation sites is 1. The number of halogens is 2. The van der Waals surface area contributed by atoms with Crippen LogP contribution in [0, 0.1) is 11.6 Å². The third-order valence-corrected chi connectivity index (χ3v) is 4.58. The molecule has 30 heavy (non-hydrogen) atoms. The van der Waals surface area contributed by atoms with Gasteiger partial charge in [0.25, 0.3) is 5.56 Å². The zero-order valence-electron chi connectivity index (χ0n) is 16.2. The Morgan fingerprint density at radius 1 is 0.967 bits per heavy atom. The second kappa shape index (κ2) is 8.29. The molecular weight excluding hydrogens is 386 g/mol. The number of rotatable bonds is 5. The van der Waals surface area contributed by atoms with Gasteiger partial charge in [0.15, 0.2) is 11.6 Å². The van der Waals surface area contributed by atoms with Crippen molar-refractivity contribution in [3.63, 3.8) is 0 Å². The maximum Gasteiger partial charge on any atom is 0.266 e. The first-order valence-electron chi connectivity index (χ1n) is 9.45. The van der Waals surface area contributed by atoms with E-state index in [9.17, 15) is 13.6 Å². The Bertz CT molecular complexity index is 1300. The predicted octanol–water partition coefficient (Wildman–Crippen LogP) is 5.23. The number of hydrogen-bond acceptors (Lipinski definition) is 3. The molecule has 0 aliphatic rings. The van der Waals surface area contributed by atoms with Crippen LogP contribution in [-0.4, -0.2) is 16.2 Å². The fourth-order valence-electron chi connectivity index (χ4n) is 3.16. The van der Waals surface area contributed by atoms with Gasteiger partial charge in [-0.15, -0.1) is 0 Å². The van der Waals surface area contributed by atoms with Crippen LogP contribution in [0.4, 0.5) is 8.78 Å². The van der Waals surface area contributed by atoms with Crippen LogP contribution in [0.5, 0.6) is 5.75 Å². The Kier molecular flexibility index (Phi) is 5.39. The summed E-state index contributed by atoms with van der Waals surface area (Å²) in [6.07, 6.45) is 3.20. The van der Waals surface area contributed by atoms with Gasteiger partial charge in [-0.25, -0.2) is 13.8 Å². The van der Waals surface area contributed by atoms with Gasteiger partial charge in [0.05, 0.1) is 23.2 Å². The van der Waals surface area contributed by atoms with Gasteiger partial charge in [-0.3, -0.25) is 9.36 Å². The Morgan fingerprint density at radius 3 is 2.47 bits per heavy atom. The van der Waals surface area contributed by atoms with Gasteiger partial charge in [0, 0.05) is 0 Å². The number of ether oxygens (including phenoxy) is 1. The highest BCUT2D eigenvalue weighted by Crippen LogP contribution is 2.19.